The van der Waals surface area contributed by atoms with Crippen molar-refractivity contribution in [2.75, 3.05) is 26.7 Å². The van der Waals surface area contributed by atoms with Crippen molar-refractivity contribution in [2.24, 2.45) is 0 Å². The third-order valence-corrected chi connectivity index (χ3v) is 3.82. The van der Waals surface area contributed by atoms with Crippen molar-refractivity contribution in [1.82, 2.24) is 10.2 Å². The number of ether oxygens (including phenoxy) is 1. The predicted molar refractivity (Wildman–Crippen MR) is 79.1 cm³/mol. The molecule has 3 nitrogen and oxygen atoms in total. The van der Waals surface area contributed by atoms with Crippen LogP contribution in [0.5, 0.6) is 0 Å². The molecule has 1 aromatic carbocycles. The molecular weight excluding hydrogens is 236 g/mol. The predicted octanol–water partition coefficient (Wildman–Crippen LogP) is 2.41. The molecule has 19 heavy (non-hydrogen) atoms. The lowest BCUT2D eigenvalue weighted by Gasteiger charge is -2.29. The van der Waals surface area contributed by atoms with Gasteiger partial charge in [-0.2, -0.15) is 0 Å². The first-order valence-corrected chi connectivity index (χ1v) is 7.37. The molecule has 1 N–H and O–H groups in total. The average molecular weight is 262 g/mol. The van der Waals surface area contributed by atoms with Gasteiger partial charge in [0.1, 0.15) is 0 Å². The Hall–Kier alpha value is -0.900. The van der Waals surface area contributed by atoms with Crippen molar-refractivity contribution in [1.29, 1.82) is 0 Å². The maximum absolute atomic E-state index is 6.08. The van der Waals surface area contributed by atoms with Crippen molar-refractivity contribution in [3.05, 3.63) is 35.4 Å². The van der Waals surface area contributed by atoms with Gasteiger partial charge in [-0.25, -0.2) is 0 Å². The van der Waals surface area contributed by atoms with Crippen LogP contribution in [0.1, 0.15) is 30.9 Å². The number of nitrogens with zero attached hydrogens (tertiary/aromatic N) is 1. The highest BCUT2D eigenvalue weighted by molar-refractivity contribution is 5.26. The van der Waals surface area contributed by atoms with Crippen molar-refractivity contribution in [3.63, 3.8) is 0 Å². The highest BCUT2D eigenvalue weighted by Crippen LogP contribution is 2.16. The SMILES string of the molecule is CCNCc1ccccc1COC1CCN(C)CC1. The first-order chi connectivity index (χ1) is 9.29. The largest absolute Gasteiger partial charge is 0.373 e. The van der Waals surface area contributed by atoms with Crippen LogP contribution in [0.15, 0.2) is 24.3 Å². The Balaban J connectivity index is 1.84. The maximum atomic E-state index is 6.08. The minimum atomic E-state index is 0.434. The topological polar surface area (TPSA) is 24.5 Å². The number of hydrogen-bond donors (Lipinski definition) is 1. The van der Waals surface area contributed by atoms with Crippen LogP contribution in [-0.2, 0) is 17.9 Å². The minimum absolute atomic E-state index is 0.434. The van der Waals surface area contributed by atoms with E-state index in [9.17, 15) is 0 Å². The lowest BCUT2D eigenvalue weighted by molar-refractivity contribution is 0.00184. The van der Waals surface area contributed by atoms with Gasteiger partial charge in [0.15, 0.2) is 0 Å². The highest BCUT2D eigenvalue weighted by atomic mass is 16.5. The third kappa shape index (κ3) is 4.60. The Morgan fingerprint density at radius 1 is 1.21 bits per heavy atom. The Morgan fingerprint density at radius 3 is 2.58 bits per heavy atom. The van der Waals surface area contributed by atoms with Gasteiger partial charge in [0.25, 0.3) is 0 Å². The standard InChI is InChI=1S/C16H26N2O/c1-3-17-12-14-6-4-5-7-15(14)13-19-16-8-10-18(2)11-9-16/h4-7,16-17H,3,8-13H2,1-2H3. The lowest BCUT2D eigenvalue weighted by Crippen LogP contribution is -2.34. The summed E-state index contributed by atoms with van der Waals surface area (Å²) in [6, 6.07) is 8.58. The number of benzene rings is 1. The summed E-state index contributed by atoms with van der Waals surface area (Å²) in [5.74, 6) is 0. The molecule has 1 fully saturated rings. The van der Waals surface area contributed by atoms with Crippen LogP contribution in [0, 0.1) is 0 Å². The van der Waals surface area contributed by atoms with Crippen LogP contribution >= 0.6 is 0 Å². The van der Waals surface area contributed by atoms with Crippen LogP contribution in [0.25, 0.3) is 0 Å². The Kier molecular flexibility index (Phi) is 5.83. The van der Waals surface area contributed by atoms with Crippen molar-refractivity contribution in [2.45, 2.75) is 39.0 Å². The molecule has 1 saturated heterocycles. The molecule has 0 saturated carbocycles. The van der Waals surface area contributed by atoms with Crippen LogP contribution in [-0.4, -0.2) is 37.7 Å². The summed E-state index contributed by atoms with van der Waals surface area (Å²) >= 11 is 0. The van der Waals surface area contributed by atoms with E-state index in [1.54, 1.807) is 0 Å². The molecule has 106 valence electrons. The second-order valence-electron chi connectivity index (χ2n) is 5.36. The smallest absolute Gasteiger partial charge is 0.0723 e. The number of rotatable bonds is 6. The zero-order valence-electron chi connectivity index (χ0n) is 12.2. The van der Waals surface area contributed by atoms with Gasteiger partial charge < -0.3 is 15.0 Å². The van der Waals surface area contributed by atoms with Crippen molar-refractivity contribution in [3.8, 4) is 0 Å². The van der Waals surface area contributed by atoms with Gasteiger partial charge >= 0.3 is 0 Å². The molecule has 2 rings (SSSR count). The van der Waals surface area contributed by atoms with Crippen LogP contribution in [0.4, 0.5) is 0 Å². The summed E-state index contributed by atoms with van der Waals surface area (Å²) in [5, 5.41) is 3.39. The summed E-state index contributed by atoms with van der Waals surface area (Å²) < 4.78 is 6.08. The summed E-state index contributed by atoms with van der Waals surface area (Å²) in [7, 11) is 2.18. The van der Waals surface area contributed by atoms with Crippen molar-refractivity contribution < 1.29 is 4.74 Å². The molecular formula is C16H26N2O. The van der Waals surface area contributed by atoms with Gasteiger partial charge in [-0.1, -0.05) is 31.2 Å². The second-order valence-corrected chi connectivity index (χ2v) is 5.36. The molecule has 0 amide bonds. The fourth-order valence-corrected chi connectivity index (χ4v) is 2.49. The molecule has 1 aliphatic heterocycles. The summed E-state index contributed by atoms with van der Waals surface area (Å²) in [6.45, 7) is 7.13. The van der Waals surface area contributed by atoms with Crippen LogP contribution < -0.4 is 5.32 Å². The zero-order chi connectivity index (χ0) is 13.5. The van der Waals surface area contributed by atoms with Gasteiger partial charge in [0, 0.05) is 19.6 Å². The van der Waals surface area contributed by atoms with E-state index in [4.69, 9.17) is 4.74 Å². The van der Waals surface area contributed by atoms with Crippen molar-refractivity contribution >= 4 is 0 Å². The molecule has 0 bridgehead atoms. The maximum Gasteiger partial charge on any atom is 0.0723 e. The molecule has 3 heteroatoms. The quantitative estimate of drug-likeness (QED) is 0.852. The lowest BCUT2D eigenvalue weighted by atomic mass is 10.1. The fourth-order valence-electron chi connectivity index (χ4n) is 2.49. The van der Waals surface area contributed by atoms with E-state index in [0.717, 1.165) is 45.6 Å². The van der Waals surface area contributed by atoms with Crippen LogP contribution in [0.3, 0.4) is 0 Å². The van der Waals surface area contributed by atoms with E-state index in [-0.39, 0.29) is 0 Å². The van der Waals surface area contributed by atoms with E-state index in [2.05, 4.69) is 48.5 Å². The van der Waals surface area contributed by atoms with Crippen LogP contribution in [0.2, 0.25) is 0 Å². The highest BCUT2D eigenvalue weighted by Gasteiger charge is 2.17. The number of likely N-dealkylation sites (tertiary alicyclic amines) is 1. The fraction of sp³-hybridized carbons (Fsp3) is 0.625. The van der Waals surface area contributed by atoms with E-state index >= 15 is 0 Å². The Morgan fingerprint density at radius 2 is 1.89 bits per heavy atom. The molecule has 0 aromatic heterocycles. The molecule has 1 heterocycles. The minimum Gasteiger partial charge on any atom is -0.373 e. The molecule has 0 spiro atoms. The molecule has 0 aliphatic carbocycles. The zero-order valence-corrected chi connectivity index (χ0v) is 12.2. The summed E-state index contributed by atoms with van der Waals surface area (Å²) in [5.41, 5.74) is 2.68. The molecule has 0 radical (unpaired) electrons. The number of nitrogens with one attached hydrogen (secondary N) is 1. The van der Waals surface area contributed by atoms with Gasteiger partial charge in [-0.3, -0.25) is 0 Å². The molecule has 1 aromatic rings. The molecule has 0 atom stereocenters. The van der Waals surface area contributed by atoms with E-state index in [0.29, 0.717) is 6.10 Å². The number of piperidine rings is 1. The van der Waals surface area contributed by atoms with E-state index in [1.807, 2.05) is 0 Å². The average Bonchev–Trinajstić information content (AvgIpc) is 2.45. The molecule has 0 unspecified atom stereocenters. The van der Waals surface area contributed by atoms with Gasteiger partial charge in [-0.15, -0.1) is 0 Å². The number of hydrogen-bond acceptors (Lipinski definition) is 3. The summed E-state index contributed by atoms with van der Waals surface area (Å²) in [4.78, 5) is 2.37. The van der Waals surface area contributed by atoms with Gasteiger partial charge in [-0.05, 0) is 37.6 Å². The first kappa shape index (κ1) is 14.5. The Bertz CT molecular complexity index is 373. The van der Waals surface area contributed by atoms with Gasteiger partial charge in [0.2, 0.25) is 0 Å². The molecule has 1 aliphatic rings. The third-order valence-electron chi connectivity index (χ3n) is 3.82. The summed E-state index contributed by atoms with van der Waals surface area (Å²) in [6.07, 6.45) is 2.75. The van der Waals surface area contributed by atoms with E-state index < -0.39 is 0 Å². The van der Waals surface area contributed by atoms with Gasteiger partial charge in [0.05, 0.1) is 12.7 Å². The monoisotopic (exact) mass is 262 g/mol. The Labute approximate surface area is 116 Å². The normalized spacial score (nSPS) is 17.8. The first-order valence-electron chi connectivity index (χ1n) is 7.37. The second kappa shape index (κ2) is 7.63. The van der Waals surface area contributed by atoms with E-state index in [1.165, 1.54) is 11.1 Å².